The molecule has 0 aromatic heterocycles. The van der Waals surface area contributed by atoms with Crippen molar-refractivity contribution >= 4 is 5.69 Å². The van der Waals surface area contributed by atoms with Gasteiger partial charge in [-0.2, -0.15) is 0 Å². The van der Waals surface area contributed by atoms with Crippen molar-refractivity contribution in [2.75, 3.05) is 12.8 Å². The van der Waals surface area contributed by atoms with Crippen LogP contribution in [-0.2, 0) is 6.54 Å². The summed E-state index contributed by atoms with van der Waals surface area (Å²) >= 11 is 0. The van der Waals surface area contributed by atoms with E-state index in [0.29, 0.717) is 0 Å². The second kappa shape index (κ2) is 3.95. The minimum absolute atomic E-state index is 0.804. The molecule has 0 saturated heterocycles. The minimum Gasteiger partial charge on any atom is -0.399 e. The minimum atomic E-state index is 0.804. The van der Waals surface area contributed by atoms with Crippen molar-refractivity contribution in [1.82, 2.24) is 10.9 Å². The molecule has 0 fully saturated rings. The van der Waals surface area contributed by atoms with Gasteiger partial charge < -0.3 is 5.73 Å². The Bertz CT molecular complexity index is 205. The van der Waals surface area contributed by atoms with Crippen molar-refractivity contribution in [2.45, 2.75) is 6.54 Å². The van der Waals surface area contributed by atoms with Crippen molar-refractivity contribution in [3.05, 3.63) is 29.8 Å². The van der Waals surface area contributed by atoms with Gasteiger partial charge >= 0.3 is 0 Å². The Balaban J connectivity index is 2.52. The smallest absolute Gasteiger partial charge is 0.0351 e. The molecule has 0 aliphatic heterocycles. The van der Waals surface area contributed by atoms with Crippen LogP contribution in [0.1, 0.15) is 5.56 Å². The van der Waals surface area contributed by atoms with Gasteiger partial charge in [-0.25, -0.2) is 0 Å². The lowest BCUT2D eigenvalue weighted by Crippen LogP contribution is -2.26. The average molecular weight is 151 g/mol. The Kier molecular flexibility index (Phi) is 2.89. The van der Waals surface area contributed by atoms with Gasteiger partial charge in [0.1, 0.15) is 0 Å². The number of nitrogen functional groups attached to an aromatic ring is 1. The van der Waals surface area contributed by atoms with Crippen LogP contribution in [0.2, 0.25) is 0 Å². The third-order valence-electron chi connectivity index (χ3n) is 1.45. The van der Waals surface area contributed by atoms with E-state index in [1.54, 1.807) is 0 Å². The van der Waals surface area contributed by atoms with Crippen LogP contribution in [-0.4, -0.2) is 7.05 Å². The van der Waals surface area contributed by atoms with Gasteiger partial charge in [0.25, 0.3) is 0 Å². The van der Waals surface area contributed by atoms with Gasteiger partial charge in [0.15, 0.2) is 0 Å². The molecule has 0 atom stereocenters. The largest absolute Gasteiger partial charge is 0.399 e. The quantitative estimate of drug-likeness (QED) is 0.435. The zero-order chi connectivity index (χ0) is 8.10. The molecule has 11 heavy (non-hydrogen) atoms. The normalized spacial score (nSPS) is 9.91. The van der Waals surface area contributed by atoms with Crippen LogP contribution in [0.5, 0.6) is 0 Å². The fourth-order valence-corrected chi connectivity index (χ4v) is 0.826. The topological polar surface area (TPSA) is 50.1 Å². The number of benzene rings is 1. The number of hydrogen-bond donors (Lipinski definition) is 3. The molecule has 0 aliphatic carbocycles. The summed E-state index contributed by atoms with van der Waals surface area (Å²) in [4.78, 5) is 0. The lowest BCUT2D eigenvalue weighted by Gasteiger charge is -2.02. The van der Waals surface area contributed by atoms with Gasteiger partial charge in [-0.05, 0) is 24.7 Å². The second-order valence-corrected chi connectivity index (χ2v) is 2.35. The number of nitrogens with two attached hydrogens (primary N) is 1. The summed E-state index contributed by atoms with van der Waals surface area (Å²) < 4.78 is 0. The van der Waals surface area contributed by atoms with Gasteiger partial charge in [-0.15, -0.1) is 0 Å². The molecule has 60 valence electrons. The maximum absolute atomic E-state index is 5.52. The van der Waals surface area contributed by atoms with E-state index in [1.165, 1.54) is 5.56 Å². The van der Waals surface area contributed by atoms with E-state index in [-0.39, 0.29) is 0 Å². The first-order valence-corrected chi connectivity index (χ1v) is 3.57. The Morgan fingerprint density at radius 3 is 2.45 bits per heavy atom. The Hall–Kier alpha value is -1.06. The number of rotatable bonds is 3. The lowest BCUT2D eigenvalue weighted by atomic mass is 10.2. The fraction of sp³-hybridized carbons (Fsp3) is 0.250. The molecule has 0 bridgehead atoms. The van der Waals surface area contributed by atoms with Crippen LogP contribution in [0.4, 0.5) is 5.69 Å². The predicted octanol–water partition coefficient (Wildman–Crippen LogP) is 0.493. The lowest BCUT2D eigenvalue weighted by molar-refractivity contribution is 0.596. The van der Waals surface area contributed by atoms with Crippen LogP contribution >= 0.6 is 0 Å². The number of hydrogen-bond acceptors (Lipinski definition) is 3. The van der Waals surface area contributed by atoms with Gasteiger partial charge in [-0.3, -0.25) is 10.9 Å². The first kappa shape index (κ1) is 8.04. The maximum Gasteiger partial charge on any atom is 0.0351 e. The predicted molar refractivity (Wildman–Crippen MR) is 46.8 cm³/mol. The third-order valence-corrected chi connectivity index (χ3v) is 1.45. The van der Waals surface area contributed by atoms with Gasteiger partial charge in [0.05, 0.1) is 0 Å². The van der Waals surface area contributed by atoms with Crippen molar-refractivity contribution in [1.29, 1.82) is 0 Å². The molecule has 3 nitrogen and oxygen atoms in total. The maximum atomic E-state index is 5.52. The van der Waals surface area contributed by atoms with Crippen molar-refractivity contribution in [3.63, 3.8) is 0 Å². The van der Waals surface area contributed by atoms with Crippen LogP contribution in [0, 0.1) is 0 Å². The molecular formula is C8H13N3. The van der Waals surface area contributed by atoms with Crippen molar-refractivity contribution in [2.24, 2.45) is 0 Å². The van der Waals surface area contributed by atoms with E-state index < -0.39 is 0 Å². The Morgan fingerprint density at radius 1 is 1.27 bits per heavy atom. The third kappa shape index (κ3) is 2.57. The molecule has 1 aromatic rings. The molecule has 0 amide bonds. The Morgan fingerprint density at radius 2 is 1.91 bits per heavy atom. The summed E-state index contributed by atoms with van der Waals surface area (Å²) in [7, 11) is 1.84. The second-order valence-electron chi connectivity index (χ2n) is 2.35. The highest BCUT2D eigenvalue weighted by Crippen LogP contribution is 2.04. The first-order chi connectivity index (χ1) is 5.33. The molecule has 4 N–H and O–H groups in total. The fourth-order valence-electron chi connectivity index (χ4n) is 0.826. The summed E-state index contributed by atoms with van der Waals surface area (Å²) in [6.07, 6.45) is 0. The van der Waals surface area contributed by atoms with E-state index in [1.807, 2.05) is 31.3 Å². The highest BCUT2D eigenvalue weighted by atomic mass is 15.3. The highest BCUT2D eigenvalue weighted by molar-refractivity contribution is 5.39. The van der Waals surface area contributed by atoms with E-state index in [4.69, 9.17) is 5.73 Å². The first-order valence-electron chi connectivity index (χ1n) is 3.57. The van der Waals surface area contributed by atoms with Crippen molar-refractivity contribution in [3.8, 4) is 0 Å². The summed E-state index contributed by atoms with van der Waals surface area (Å²) in [5.74, 6) is 0. The molecule has 0 heterocycles. The summed E-state index contributed by atoms with van der Waals surface area (Å²) in [5, 5.41) is 0. The van der Waals surface area contributed by atoms with E-state index >= 15 is 0 Å². The Labute approximate surface area is 66.6 Å². The SMILES string of the molecule is CNNCc1ccc(N)cc1. The van der Waals surface area contributed by atoms with Crippen molar-refractivity contribution < 1.29 is 0 Å². The molecule has 0 aliphatic rings. The van der Waals surface area contributed by atoms with E-state index in [2.05, 4.69) is 10.9 Å². The van der Waals surface area contributed by atoms with Crippen LogP contribution in [0.3, 0.4) is 0 Å². The van der Waals surface area contributed by atoms with Crippen LogP contribution < -0.4 is 16.6 Å². The molecule has 1 aromatic carbocycles. The molecule has 0 radical (unpaired) electrons. The summed E-state index contributed by atoms with van der Waals surface area (Å²) in [6, 6.07) is 7.79. The van der Waals surface area contributed by atoms with Gasteiger partial charge in [0, 0.05) is 12.2 Å². The molecule has 0 saturated carbocycles. The standard InChI is InChI=1S/C8H13N3/c1-10-11-6-7-2-4-8(9)5-3-7/h2-5,10-11H,6,9H2,1H3. The number of nitrogens with one attached hydrogen (secondary N) is 2. The number of hydrazine groups is 1. The molecular weight excluding hydrogens is 138 g/mol. The summed E-state index contributed by atoms with van der Waals surface area (Å²) in [6.45, 7) is 0.816. The molecule has 0 unspecified atom stereocenters. The monoisotopic (exact) mass is 151 g/mol. The average Bonchev–Trinajstić information content (AvgIpc) is 2.04. The van der Waals surface area contributed by atoms with Crippen LogP contribution in [0.15, 0.2) is 24.3 Å². The number of anilines is 1. The highest BCUT2D eigenvalue weighted by Gasteiger charge is 1.89. The zero-order valence-corrected chi connectivity index (χ0v) is 6.59. The van der Waals surface area contributed by atoms with Gasteiger partial charge in [0.2, 0.25) is 0 Å². The van der Waals surface area contributed by atoms with E-state index in [0.717, 1.165) is 12.2 Å². The van der Waals surface area contributed by atoms with Gasteiger partial charge in [-0.1, -0.05) is 12.1 Å². The molecule has 0 spiro atoms. The summed E-state index contributed by atoms with van der Waals surface area (Å²) in [5.41, 5.74) is 13.4. The zero-order valence-electron chi connectivity index (χ0n) is 6.59. The molecule has 1 rings (SSSR count). The van der Waals surface area contributed by atoms with E-state index in [9.17, 15) is 0 Å². The molecule has 3 heteroatoms. The van der Waals surface area contributed by atoms with Crippen LogP contribution in [0.25, 0.3) is 0 Å².